The van der Waals surface area contributed by atoms with Crippen molar-refractivity contribution in [2.45, 2.75) is 0 Å². The predicted octanol–water partition coefficient (Wildman–Crippen LogP) is -1.45. The first-order valence-corrected chi connectivity index (χ1v) is 7.02. The molecule has 6 N–H and O–H groups in total. The van der Waals surface area contributed by atoms with Gasteiger partial charge in [-0.05, 0) is 0 Å². The average molecular weight is 297 g/mol. The van der Waals surface area contributed by atoms with Crippen LogP contribution in [-0.4, -0.2) is 49.1 Å². The Morgan fingerprint density at radius 2 is 1.27 bits per heavy atom. The van der Waals surface area contributed by atoms with Gasteiger partial charge >= 0.3 is 53.0 Å². The second-order valence-corrected chi connectivity index (χ2v) is 6.07. The third kappa shape index (κ3) is 10.3. The molecule has 0 aromatic carbocycles. The van der Waals surface area contributed by atoms with Crippen LogP contribution in [0.15, 0.2) is 0 Å². The number of hydrogen-bond donors (Lipinski definition) is 5. The molecule has 0 aliphatic carbocycles. The molecule has 0 heterocycles. The van der Waals surface area contributed by atoms with Crippen LogP contribution >= 0.6 is 23.5 Å². The quantitative estimate of drug-likeness (QED) is 0.227. The van der Waals surface area contributed by atoms with Gasteiger partial charge in [0.2, 0.25) is 0 Å². The van der Waals surface area contributed by atoms with E-state index in [0.717, 1.165) is 0 Å². The van der Waals surface area contributed by atoms with Crippen molar-refractivity contribution in [3.63, 3.8) is 0 Å². The zero-order valence-corrected chi connectivity index (χ0v) is 8.84. The maximum atomic E-state index is 10.6. The zero-order valence-electron chi connectivity index (χ0n) is 6.16. The third-order valence-corrected chi connectivity index (χ3v) is 4.14. The van der Waals surface area contributed by atoms with Crippen molar-refractivity contribution in [1.29, 1.82) is 0 Å². The molecule has 0 rings (SSSR count). The van der Waals surface area contributed by atoms with Gasteiger partial charge < -0.3 is 19.6 Å². The van der Waals surface area contributed by atoms with E-state index >= 15 is 0 Å². The fourth-order valence-electron chi connectivity index (χ4n) is 0.299. The van der Waals surface area contributed by atoms with Gasteiger partial charge in [-0.15, -0.1) is 0 Å². The second kappa shape index (κ2) is 6.34. The van der Waals surface area contributed by atoms with E-state index in [4.69, 9.17) is 19.6 Å². The molecule has 0 aliphatic heterocycles. The predicted molar refractivity (Wildman–Crippen MR) is 46.3 cm³/mol. The number of hydrogen-bond acceptors (Lipinski definition) is 7. The molecule has 0 amide bonds. The number of nitrogens with two attached hydrogens (primary N) is 1. The van der Waals surface area contributed by atoms with Crippen LogP contribution in [0.4, 0.5) is 0 Å². The Morgan fingerprint density at radius 3 is 1.53 bits per heavy atom. The molecule has 0 saturated carbocycles. The molecular formula is H7NNaO10P3. The van der Waals surface area contributed by atoms with Gasteiger partial charge in [0.25, 0.3) is 0 Å². The molecule has 0 saturated heterocycles. The van der Waals surface area contributed by atoms with Crippen LogP contribution in [0, 0.1) is 0 Å². The third-order valence-electron chi connectivity index (χ3n) is 0.549. The van der Waals surface area contributed by atoms with E-state index in [-0.39, 0.29) is 29.6 Å². The molecule has 0 radical (unpaired) electrons. The minimum absolute atomic E-state index is 0. The SMILES string of the molecule is NOP(=O)(O)OP(=O)(O)OP(=O)(O)O.[NaH]. The van der Waals surface area contributed by atoms with E-state index in [9.17, 15) is 13.7 Å². The molecule has 0 aliphatic rings. The monoisotopic (exact) mass is 297 g/mol. The molecular weight excluding hydrogens is 290 g/mol. The van der Waals surface area contributed by atoms with Crippen LogP contribution < -0.4 is 5.90 Å². The summed E-state index contributed by atoms with van der Waals surface area (Å²) >= 11 is 0. The standard InChI is InChI=1S/H6NO10P3.Na.H/c1-9-13(5,6)11-14(7,8)10-12(2,3)4;;/h1H2,(H,5,6)(H,7,8)(H2,2,3,4);;. The van der Waals surface area contributed by atoms with Crippen molar-refractivity contribution < 1.29 is 46.5 Å². The Balaban J connectivity index is 0. The molecule has 0 bridgehead atoms. The van der Waals surface area contributed by atoms with E-state index in [2.05, 4.69) is 19.1 Å². The van der Waals surface area contributed by atoms with Gasteiger partial charge in [-0.2, -0.15) is 8.62 Å². The summed E-state index contributed by atoms with van der Waals surface area (Å²) in [5.74, 6) is 4.16. The fourth-order valence-corrected chi connectivity index (χ4v) is 2.96. The number of rotatable bonds is 5. The van der Waals surface area contributed by atoms with Crippen molar-refractivity contribution >= 4 is 53.0 Å². The molecule has 88 valence electrons. The second-order valence-electron chi connectivity index (χ2n) is 1.70. The Morgan fingerprint density at radius 1 is 0.867 bits per heavy atom. The van der Waals surface area contributed by atoms with E-state index in [0.29, 0.717) is 0 Å². The van der Waals surface area contributed by atoms with Crippen molar-refractivity contribution in [2.75, 3.05) is 0 Å². The van der Waals surface area contributed by atoms with Crippen LogP contribution in [0.5, 0.6) is 0 Å². The molecule has 15 heteroatoms. The summed E-state index contributed by atoms with van der Waals surface area (Å²) in [5.41, 5.74) is 0. The Bertz CT molecular complexity index is 330. The maximum absolute atomic E-state index is 10.6. The van der Waals surface area contributed by atoms with Crippen LogP contribution in [-0.2, 0) is 26.9 Å². The van der Waals surface area contributed by atoms with Gasteiger partial charge in [-0.25, -0.2) is 24.2 Å². The van der Waals surface area contributed by atoms with Gasteiger partial charge in [0.1, 0.15) is 0 Å². The van der Waals surface area contributed by atoms with Crippen molar-refractivity contribution in [2.24, 2.45) is 5.90 Å². The molecule has 0 aromatic heterocycles. The molecule has 0 spiro atoms. The fraction of sp³-hybridized carbons (Fsp3) is 0. The van der Waals surface area contributed by atoms with Gasteiger partial charge in [0.15, 0.2) is 0 Å². The van der Waals surface area contributed by atoms with Crippen LogP contribution in [0.2, 0.25) is 0 Å². The Labute approximate surface area is 105 Å². The summed E-state index contributed by atoms with van der Waals surface area (Å²) in [7, 11) is -15.9. The summed E-state index contributed by atoms with van der Waals surface area (Å²) in [5, 5.41) is 0. The molecule has 2 atom stereocenters. The Kier molecular flexibility index (Phi) is 7.92. The van der Waals surface area contributed by atoms with Crippen LogP contribution in [0.1, 0.15) is 0 Å². The molecule has 0 fully saturated rings. The Hall–Kier alpha value is 1.37. The summed E-state index contributed by atoms with van der Waals surface area (Å²) in [6.45, 7) is 0. The summed E-state index contributed by atoms with van der Waals surface area (Å²) in [4.78, 5) is 33.0. The van der Waals surface area contributed by atoms with E-state index < -0.39 is 23.5 Å². The van der Waals surface area contributed by atoms with Crippen LogP contribution in [0.25, 0.3) is 0 Å². The first-order chi connectivity index (χ1) is 5.97. The van der Waals surface area contributed by atoms with Crippen molar-refractivity contribution in [3.05, 3.63) is 0 Å². The first kappa shape index (κ1) is 18.7. The van der Waals surface area contributed by atoms with Gasteiger partial charge in [-0.1, -0.05) is 0 Å². The average Bonchev–Trinajstić information content (AvgIpc) is 1.78. The normalized spacial score (nSPS) is 19.8. The van der Waals surface area contributed by atoms with Gasteiger partial charge in [0.05, 0.1) is 0 Å². The molecule has 0 aromatic rings. The van der Waals surface area contributed by atoms with Gasteiger partial charge in [-0.3, -0.25) is 0 Å². The van der Waals surface area contributed by atoms with E-state index in [1.54, 1.807) is 0 Å². The zero-order chi connectivity index (χ0) is 11.6. The van der Waals surface area contributed by atoms with Crippen molar-refractivity contribution in [3.8, 4) is 0 Å². The summed E-state index contributed by atoms with van der Waals surface area (Å²) < 4.78 is 40.7. The van der Waals surface area contributed by atoms with Gasteiger partial charge in [0, 0.05) is 0 Å². The topological polar surface area (TPSA) is 186 Å². The summed E-state index contributed by atoms with van der Waals surface area (Å²) in [6, 6.07) is 0. The van der Waals surface area contributed by atoms with E-state index in [1.165, 1.54) is 0 Å². The summed E-state index contributed by atoms with van der Waals surface area (Å²) in [6.07, 6.45) is 0. The molecule has 15 heavy (non-hydrogen) atoms. The number of phosphoric acid groups is 3. The van der Waals surface area contributed by atoms with E-state index in [1.807, 2.05) is 0 Å². The first-order valence-electron chi connectivity index (χ1n) is 2.50. The molecule has 11 nitrogen and oxygen atoms in total. The van der Waals surface area contributed by atoms with Crippen LogP contribution in [0.3, 0.4) is 0 Å². The minimum atomic E-state index is -5.43. The van der Waals surface area contributed by atoms with Crippen molar-refractivity contribution in [1.82, 2.24) is 0 Å². The molecule has 2 unspecified atom stereocenters.